The van der Waals surface area contributed by atoms with Gasteiger partial charge in [-0.3, -0.25) is 4.79 Å². The van der Waals surface area contributed by atoms with Gasteiger partial charge in [0.1, 0.15) is 0 Å². The van der Waals surface area contributed by atoms with Gasteiger partial charge in [0.15, 0.2) is 0 Å². The first kappa shape index (κ1) is 11.6. The molecule has 0 bridgehead atoms. The highest BCUT2D eigenvalue weighted by molar-refractivity contribution is 7.08. The van der Waals surface area contributed by atoms with E-state index < -0.39 is 0 Å². The van der Waals surface area contributed by atoms with Crippen LogP contribution in [0.15, 0.2) is 16.8 Å². The van der Waals surface area contributed by atoms with Crippen LogP contribution in [0.2, 0.25) is 0 Å². The van der Waals surface area contributed by atoms with Gasteiger partial charge < -0.3 is 10.6 Å². The van der Waals surface area contributed by atoms with E-state index in [2.05, 4.69) is 0 Å². The number of nitrogens with two attached hydrogens (primary N) is 1. The molecular weight excluding hydrogens is 220 g/mol. The van der Waals surface area contributed by atoms with E-state index in [4.69, 9.17) is 5.73 Å². The zero-order valence-corrected chi connectivity index (χ0v) is 10.4. The fourth-order valence-electron chi connectivity index (χ4n) is 2.19. The van der Waals surface area contributed by atoms with Crippen molar-refractivity contribution in [3.05, 3.63) is 22.4 Å². The molecule has 2 heterocycles. The van der Waals surface area contributed by atoms with Gasteiger partial charge in [-0.2, -0.15) is 11.3 Å². The van der Waals surface area contributed by atoms with Crippen LogP contribution in [0.5, 0.6) is 0 Å². The molecule has 4 heteroatoms. The molecule has 2 rings (SSSR count). The van der Waals surface area contributed by atoms with Gasteiger partial charge in [0.2, 0.25) is 0 Å². The number of amides is 1. The van der Waals surface area contributed by atoms with E-state index in [1.165, 1.54) is 0 Å². The minimum Gasteiger partial charge on any atom is -0.338 e. The van der Waals surface area contributed by atoms with Crippen LogP contribution in [0.3, 0.4) is 0 Å². The van der Waals surface area contributed by atoms with Crippen molar-refractivity contribution in [1.82, 2.24) is 4.90 Å². The van der Waals surface area contributed by atoms with Crippen LogP contribution in [0, 0.1) is 5.92 Å². The molecule has 0 radical (unpaired) electrons. The number of likely N-dealkylation sites (tertiary alicyclic amines) is 1. The van der Waals surface area contributed by atoms with Crippen molar-refractivity contribution < 1.29 is 4.79 Å². The summed E-state index contributed by atoms with van der Waals surface area (Å²) >= 11 is 1.57. The third-order valence-electron chi connectivity index (χ3n) is 3.26. The number of carbonyl (C=O) groups is 1. The summed E-state index contributed by atoms with van der Waals surface area (Å²) < 4.78 is 0. The lowest BCUT2D eigenvalue weighted by molar-refractivity contribution is 0.0661. The molecule has 2 N–H and O–H groups in total. The van der Waals surface area contributed by atoms with Crippen LogP contribution in [-0.4, -0.2) is 29.9 Å². The van der Waals surface area contributed by atoms with Crippen LogP contribution in [0.1, 0.15) is 30.1 Å². The Morgan fingerprint density at radius 3 is 3.12 bits per heavy atom. The van der Waals surface area contributed by atoms with Crippen molar-refractivity contribution in [2.24, 2.45) is 11.7 Å². The van der Waals surface area contributed by atoms with Crippen molar-refractivity contribution in [2.45, 2.75) is 25.8 Å². The van der Waals surface area contributed by atoms with E-state index in [1.54, 1.807) is 11.3 Å². The highest BCUT2D eigenvalue weighted by Crippen LogP contribution is 2.21. The summed E-state index contributed by atoms with van der Waals surface area (Å²) in [5.74, 6) is 0.614. The van der Waals surface area contributed by atoms with Crippen molar-refractivity contribution in [2.75, 3.05) is 13.1 Å². The Labute approximate surface area is 100 Å². The lowest BCUT2D eigenvalue weighted by atomic mass is 9.92. The molecule has 16 heavy (non-hydrogen) atoms. The third kappa shape index (κ3) is 2.44. The molecule has 1 fully saturated rings. The normalized spacial score (nSPS) is 23.1. The summed E-state index contributed by atoms with van der Waals surface area (Å²) in [6.07, 6.45) is 2.22. The van der Waals surface area contributed by atoms with Crippen LogP contribution < -0.4 is 5.73 Å². The number of piperidine rings is 1. The van der Waals surface area contributed by atoms with Gasteiger partial charge in [0.25, 0.3) is 5.91 Å². The number of rotatable bonds is 2. The fraction of sp³-hybridized carbons (Fsp3) is 0.583. The Bertz CT molecular complexity index is 348. The molecule has 1 aliphatic rings. The predicted molar refractivity (Wildman–Crippen MR) is 66.6 cm³/mol. The number of hydrogen-bond acceptors (Lipinski definition) is 3. The van der Waals surface area contributed by atoms with Crippen LogP contribution >= 0.6 is 11.3 Å². The second kappa shape index (κ2) is 4.97. The van der Waals surface area contributed by atoms with E-state index in [-0.39, 0.29) is 11.9 Å². The summed E-state index contributed by atoms with van der Waals surface area (Å²) in [6.45, 7) is 3.72. The summed E-state index contributed by atoms with van der Waals surface area (Å²) in [7, 11) is 0. The summed E-state index contributed by atoms with van der Waals surface area (Å²) in [5, 5.41) is 3.86. The fourth-order valence-corrected chi connectivity index (χ4v) is 2.82. The Morgan fingerprint density at radius 2 is 2.50 bits per heavy atom. The molecule has 0 aromatic carbocycles. The van der Waals surface area contributed by atoms with Gasteiger partial charge in [0.05, 0.1) is 5.56 Å². The van der Waals surface area contributed by atoms with Crippen LogP contribution in [0.4, 0.5) is 0 Å². The highest BCUT2D eigenvalue weighted by atomic mass is 32.1. The Morgan fingerprint density at radius 1 is 1.69 bits per heavy atom. The van der Waals surface area contributed by atoms with Gasteiger partial charge in [-0.05, 0) is 37.1 Å². The van der Waals surface area contributed by atoms with Gasteiger partial charge in [-0.15, -0.1) is 0 Å². The SMILES string of the molecule is CC(N)C1CCCN(C(=O)c2ccsc2)C1. The van der Waals surface area contributed by atoms with Gasteiger partial charge in [-0.25, -0.2) is 0 Å². The molecule has 0 saturated carbocycles. The average molecular weight is 238 g/mol. The lowest BCUT2D eigenvalue weighted by Gasteiger charge is -2.34. The van der Waals surface area contributed by atoms with Crippen molar-refractivity contribution >= 4 is 17.2 Å². The number of nitrogens with zero attached hydrogens (tertiary/aromatic N) is 1. The van der Waals surface area contributed by atoms with Crippen LogP contribution in [0.25, 0.3) is 0 Å². The van der Waals surface area contributed by atoms with Crippen molar-refractivity contribution in [3.63, 3.8) is 0 Å². The molecule has 0 spiro atoms. The minimum absolute atomic E-state index is 0.159. The molecule has 2 atom stereocenters. The molecule has 1 amide bonds. The molecule has 88 valence electrons. The van der Waals surface area contributed by atoms with E-state index in [1.807, 2.05) is 28.7 Å². The molecular formula is C12H18N2OS. The Kier molecular flexibility index (Phi) is 3.61. The summed E-state index contributed by atoms with van der Waals surface area (Å²) in [4.78, 5) is 14.1. The van der Waals surface area contributed by atoms with Crippen molar-refractivity contribution in [1.29, 1.82) is 0 Å². The highest BCUT2D eigenvalue weighted by Gasteiger charge is 2.26. The monoisotopic (exact) mass is 238 g/mol. The molecule has 1 aromatic rings. The van der Waals surface area contributed by atoms with Gasteiger partial charge in [-0.1, -0.05) is 0 Å². The quantitative estimate of drug-likeness (QED) is 0.856. The van der Waals surface area contributed by atoms with E-state index >= 15 is 0 Å². The molecule has 1 saturated heterocycles. The van der Waals surface area contributed by atoms with E-state index in [9.17, 15) is 4.79 Å². The zero-order valence-electron chi connectivity index (χ0n) is 9.56. The van der Waals surface area contributed by atoms with Crippen LogP contribution in [-0.2, 0) is 0 Å². The average Bonchev–Trinajstić information content (AvgIpc) is 2.81. The lowest BCUT2D eigenvalue weighted by Crippen LogP contribution is -2.44. The summed E-state index contributed by atoms with van der Waals surface area (Å²) in [5.41, 5.74) is 6.73. The minimum atomic E-state index is 0.159. The smallest absolute Gasteiger partial charge is 0.254 e. The van der Waals surface area contributed by atoms with E-state index in [0.29, 0.717) is 5.92 Å². The first-order valence-electron chi connectivity index (χ1n) is 5.75. The first-order chi connectivity index (χ1) is 7.68. The molecule has 1 aliphatic heterocycles. The molecule has 0 aliphatic carbocycles. The Balaban J connectivity index is 2.02. The molecule has 1 aromatic heterocycles. The number of carbonyl (C=O) groups excluding carboxylic acids is 1. The maximum Gasteiger partial charge on any atom is 0.254 e. The van der Waals surface area contributed by atoms with Gasteiger partial charge in [0, 0.05) is 24.5 Å². The second-order valence-corrected chi connectivity index (χ2v) is 5.30. The number of hydrogen-bond donors (Lipinski definition) is 1. The van der Waals surface area contributed by atoms with E-state index in [0.717, 1.165) is 31.5 Å². The zero-order chi connectivity index (χ0) is 11.5. The predicted octanol–water partition coefficient (Wildman–Crippen LogP) is 1.95. The number of thiophene rings is 1. The largest absolute Gasteiger partial charge is 0.338 e. The topological polar surface area (TPSA) is 46.3 Å². The van der Waals surface area contributed by atoms with Gasteiger partial charge >= 0.3 is 0 Å². The maximum absolute atomic E-state index is 12.1. The molecule has 3 nitrogen and oxygen atoms in total. The Hall–Kier alpha value is -0.870. The third-order valence-corrected chi connectivity index (χ3v) is 3.94. The molecule has 2 unspecified atom stereocenters. The first-order valence-corrected chi connectivity index (χ1v) is 6.70. The van der Waals surface area contributed by atoms with Crippen molar-refractivity contribution in [3.8, 4) is 0 Å². The second-order valence-electron chi connectivity index (χ2n) is 4.52. The summed E-state index contributed by atoms with van der Waals surface area (Å²) in [6, 6.07) is 2.07. The standard InChI is InChI=1S/C12H18N2OS/c1-9(13)10-3-2-5-14(7-10)12(15)11-4-6-16-8-11/h4,6,8-10H,2-3,5,7,13H2,1H3. The maximum atomic E-state index is 12.1.